The van der Waals surface area contributed by atoms with Crippen molar-refractivity contribution in [3.8, 4) is 5.75 Å². The monoisotopic (exact) mass is 339 g/mol. The Morgan fingerprint density at radius 2 is 1.96 bits per heavy atom. The topological polar surface area (TPSA) is 64.6 Å². The molecule has 0 amide bonds. The summed E-state index contributed by atoms with van der Waals surface area (Å²) in [6, 6.07) is 8.08. The highest BCUT2D eigenvalue weighted by molar-refractivity contribution is 7.89. The standard InChI is InChI=1S/C17H25NO4S/c1-2-23(19,20)18-17-12-21-10-9-15(17)11-22-16-7-5-14(6-8-16)13-3-4-13/h5-8,13,15,17-18H,2-4,9-12H2,1H3/t15-,17+/m0/s1. The van der Waals surface area contributed by atoms with Crippen LogP contribution in [0.1, 0.15) is 37.7 Å². The molecule has 0 radical (unpaired) electrons. The van der Waals surface area contributed by atoms with Gasteiger partial charge in [-0.1, -0.05) is 12.1 Å². The average molecular weight is 339 g/mol. The minimum absolute atomic E-state index is 0.0830. The molecule has 0 spiro atoms. The van der Waals surface area contributed by atoms with Crippen LogP contribution in [0.4, 0.5) is 0 Å². The summed E-state index contributed by atoms with van der Waals surface area (Å²) in [5.41, 5.74) is 1.39. The van der Waals surface area contributed by atoms with Crippen molar-refractivity contribution in [2.45, 2.75) is 38.1 Å². The van der Waals surface area contributed by atoms with Crippen molar-refractivity contribution in [1.29, 1.82) is 0 Å². The number of hydrogen-bond acceptors (Lipinski definition) is 4. The summed E-state index contributed by atoms with van der Waals surface area (Å²) >= 11 is 0. The van der Waals surface area contributed by atoms with E-state index >= 15 is 0 Å². The molecule has 1 aliphatic carbocycles. The van der Waals surface area contributed by atoms with Crippen LogP contribution in [0.5, 0.6) is 5.75 Å². The fourth-order valence-electron chi connectivity index (χ4n) is 2.88. The van der Waals surface area contributed by atoms with E-state index in [0.717, 1.165) is 18.1 Å². The Balaban J connectivity index is 1.56. The Bertz CT molecular complexity index is 610. The van der Waals surface area contributed by atoms with Crippen molar-refractivity contribution >= 4 is 10.0 Å². The molecule has 5 nitrogen and oxygen atoms in total. The molecule has 1 N–H and O–H groups in total. The lowest BCUT2D eigenvalue weighted by Gasteiger charge is -2.31. The summed E-state index contributed by atoms with van der Waals surface area (Å²) in [6.07, 6.45) is 3.39. The number of hydrogen-bond donors (Lipinski definition) is 1. The van der Waals surface area contributed by atoms with Crippen LogP contribution in [0.3, 0.4) is 0 Å². The highest BCUT2D eigenvalue weighted by atomic mass is 32.2. The van der Waals surface area contributed by atoms with E-state index in [0.29, 0.717) is 19.8 Å². The Hall–Kier alpha value is -1.11. The summed E-state index contributed by atoms with van der Waals surface area (Å²) in [6.45, 7) is 3.20. The summed E-state index contributed by atoms with van der Waals surface area (Å²) in [5, 5.41) is 0. The van der Waals surface area contributed by atoms with Gasteiger partial charge in [-0.15, -0.1) is 0 Å². The fourth-order valence-corrected chi connectivity index (χ4v) is 3.77. The molecular formula is C17H25NO4S. The molecule has 6 heteroatoms. The van der Waals surface area contributed by atoms with Gasteiger partial charge in [0.25, 0.3) is 0 Å². The van der Waals surface area contributed by atoms with Gasteiger partial charge in [-0.25, -0.2) is 13.1 Å². The molecule has 0 bridgehead atoms. The predicted octanol–water partition coefficient (Wildman–Crippen LogP) is 2.29. The van der Waals surface area contributed by atoms with Crippen LogP contribution in [-0.2, 0) is 14.8 Å². The van der Waals surface area contributed by atoms with Gasteiger partial charge >= 0.3 is 0 Å². The van der Waals surface area contributed by atoms with Gasteiger partial charge in [0.2, 0.25) is 10.0 Å². The molecule has 3 rings (SSSR count). The van der Waals surface area contributed by atoms with E-state index < -0.39 is 10.0 Å². The van der Waals surface area contributed by atoms with E-state index in [2.05, 4.69) is 16.9 Å². The van der Waals surface area contributed by atoms with E-state index in [1.54, 1.807) is 6.92 Å². The molecule has 23 heavy (non-hydrogen) atoms. The molecule has 0 unspecified atom stereocenters. The Morgan fingerprint density at radius 3 is 2.61 bits per heavy atom. The molecule has 1 aromatic rings. The van der Waals surface area contributed by atoms with Crippen molar-refractivity contribution in [3.05, 3.63) is 29.8 Å². The summed E-state index contributed by atoms with van der Waals surface area (Å²) in [5.74, 6) is 1.80. The first-order valence-corrected chi connectivity index (χ1v) is 10.0. The number of nitrogens with one attached hydrogen (secondary N) is 1. The van der Waals surface area contributed by atoms with E-state index in [9.17, 15) is 8.42 Å². The fraction of sp³-hybridized carbons (Fsp3) is 0.647. The SMILES string of the molecule is CCS(=O)(=O)N[C@@H]1COCC[C@H]1COc1ccc(C2CC2)cc1. The summed E-state index contributed by atoms with van der Waals surface area (Å²) < 4.78 is 37.6. The maximum atomic E-state index is 11.8. The largest absolute Gasteiger partial charge is 0.493 e. The van der Waals surface area contributed by atoms with E-state index in [1.807, 2.05) is 12.1 Å². The van der Waals surface area contributed by atoms with Gasteiger partial charge in [0, 0.05) is 12.5 Å². The maximum Gasteiger partial charge on any atom is 0.211 e. The van der Waals surface area contributed by atoms with Gasteiger partial charge in [-0.05, 0) is 49.8 Å². The van der Waals surface area contributed by atoms with E-state index in [4.69, 9.17) is 9.47 Å². The maximum absolute atomic E-state index is 11.8. The van der Waals surface area contributed by atoms with Crippen LogP contribution in [0, 0.1) is 5.92 Å². The molecular weight excluding hydrogens is 314 g/mol. The second kappa shape index (κ2) is 7.20. The quantitative estimate of drug-likeness (QED) is 0.828. The average Bonchev–Trinajstić information content (AvgIpc) is 3.39. The van der Waals surface area contributed by atoms with Crippen LogP contribution < -0.4 is 9.46 Å². The number of sulfonamides is 1. The summed E-state index contributed by atoms with van der Waals surface area (Å²) in [7, 11) is -3.23. The van der Waals surface area contributed by atoms with Crippen molar-refractivity contribution in [1.82, 2.24) is 4.72 Å². The zero-order chi connectivity index (χ0) is 16.3. The second-order valence-electron chi connectivity index (χ2n) is 6.41. The first-order valence-electron chi connectivity index (χ1n) is 8.38. The van der Waals surface area contributed by atoms with Crippen molar-refractivity contribution < 1.29 is 17.9 Å². The smallest absolute Gasteiger partial charge is 0.211 e. The summed E-state index contributed by atoms with van der Waals surface area (Å²) in [4.78, 5) is 0. The number of ether oxygens (including phenoxy) is 2. The lowest BCUT2D eigenvalue weighted by molar-refractivity contribution is 0.0274. The third-order valence-electron chi connectivity index (χ3n) is 4.60. The molecule has 1 heterocycles. The molecule has 1 aliphatic heterocycles. The van der Waals surface area contributed by atoms with Crippen molar-refractivity contribution in [2.75, 3.05) is 25.6 Å². The molecule has 1 saturated heterocycles. The highest BCUT2D eigenvalue weighted by Crippen LogP contribution is 2.40. The molecule has 128 valence electrons. The molecule has 0 aromatic heterocycles. The van der Waals surface area contributed by atoms with E-state index in [1.165, 1.54) is 18.4 Å². The first-order chi connectivity index (χ1) is 11.1. The lowest BCUT2D eigenvalue weighted by Crippen LogP contribution is -2.48. The van der Waals surface area contributed by atoms with E-state index in [-0.39, 0.29) is 17.7 Å². The molecule has 2 atom stereocenters. The minimum Gasteiger partial charge on any atom is -0.493 e. The number of benzene rings is 1. The predicted molar refractivity (Wildman–Crippen MR) is 89.2 cm³/mol. The molecule has 1 aromatic carbocycles. The number of rotatable bonds is 7. The Morgan fingerprint density at radius 1 is 1.22 bits per heavy atom. The van der Waals surface area contributed by atoms with Crippen LogP contribution in [0.15, 0.2) is 24.3 Å². The lowest BCUT2D eigenvalue weighted by atomic mass is 9.97. The van der Waals surface area contributed by atoms with Gasteiger partial charge < -0.3 is 9.47 Å². The highest BCUT2D eigenvalue weighted by Gasteiger charge is 2.29. The Labute approximate surface area is 138 Å². The van der Waals surface area contributed by atoms with Crippen LogP contribution in [0.25, 0.3) is 0 Å². The third-order valence-corrected chi connectivity index (χ3v) is 6.03. The van der Waals surface area contributed by atoms with Gasteiger partial charge in [-0.3, -0.25) is 0 Å². The van der Waals surface area contributed by atoms with Gasteiger partial charge in [0.1, 0.15) is 5.75 Å². The van der Waals surface area contributed by atoms with Crippen LogP contribution >= 0.6 is 0 Å². The van der Waals surface area contributed by atoms with Gasteiger partial charge in [0.15, 0.2) is 0 Å². The molecule has 2 fully saturated rings. The van der Waals surface area contributed by atoms with Crippen molar-refractivity contribution in [2.24, 2.45) is 5.92 Å². The van der Waals surface area contributed by atoms with Crippen LogP contribution in [-0.4, -0.2) is 40.0 Å². The van der Waals surface area contributed by atoms with Gasteiger partial charge in [0.05, 0.1) is 25.0 Å². The zero-order valence-corrected chi connectivity index (χ0v) is 14.3. The Kier molecular flexibility index (Phi) is 5.24. The second-order valence-corrected chi connectivity index (χ2v) is 8.45. The van der Waals surface area contributed by atoms with Crippen LogP contribution in [0.2, 0.25) is 0 Å². The first kappa shape index (κ1) is 16.7. The minimum atomic E-state index is -3.23. The normalized spacial score (nSPS) is 25.3. The molecule has 2 aliphatic rings. The van der Waals surface area contributed by atoms with Crippen molar-refractivity contribution in [3.63, 3.8) is 0 Å². The molecule has 1 saturated carbocycles. The zero-order valence-electron chi connectivity index (χ0n) is 13.5. The van der Waals surface area contributed by atoms with Gasteiger partial charge in [-0.2, -0.15) is 0 Å². The third kappa shape index (κ3) is 4.68.